The van der Waals surface area contributed by atoms with Crippen molar-refractivity contribution in [2.45, 2.75) is 30.6 Å². The van der Waals surface area contributed by atoms with Crippen LogP contribution in [0.3, 0.4) is 0 Å². The van der Waals surface area contributed by atoms with E-state index < -0.39 is 11.0 Å². The van der Waals surface area contributed by atoms with E-state index in [4.69, 9.17) is 5.26 Å². The lowest BCUT2D eigenvalue weighted by Crippen LogP contribution is -2.32. The Labute approximate surface area is 109 Å². The molecule has 1 atom stereocenters. The van der Waals surface area contributed by atoms with Crippen molar-refractivity contribution in [1.82, 2.24) is 4.31 Å². The smallest absolute Gasteiger partial charge is 0.234 e. The lowest BCUT2D eigenvalue weighted by atomic mass is 10.2. The van der Waals surface area contributed by atoms with Crippen molar-refractivity contribution in [3.8, 4) is 6.07 Å². The third-order valence-corrected chi connectivity index (χ3v) is 4.44. The van der Waals surface area contributed by atoms with Crippen molar-refractivity contribution in [1.29, 1.82) is 5.26 Å². The molecule has 1 aromatic carbocycles. The van der Waals surface area contributed by atoms with Gasteiger partial charge in [-0.3, -0.25) is 9.10 Å². The van der Waals surface area contributed by atoms with Gasteiger partial charge in [0.05, 0.1) is 10.5 Å². The number of carbonyl (C=O) groups excluding carboxylic acids is 1. The zero-order valence-corrected chi connectivity index (χ0v) is 10.8. The summed E-state index contributed by atoms with van der Waals surface area (Å²) in [6, 6.07) is 8.74. The summed E-state index contributed by atoms with van der Waals surface area (Å²) >= 11 is 0. The number of hydrogen-bond acceptors (Lipinski definition) is 3. The molecule has 0 bridgehead atoms. The summed E-state index contributed by atoms with van der Waals surface area (Å²) in [5.41, 5.74) is 0.368. The number of hydrogen-bond donors (Lipinski definition) is 0. The first-order valence-corrected chi connectivity index (χ1v) is 7.06. The van der Waals surface area contributed by atoms with Crippen molar-refractivity contribution in [2.75, 3.05) is 6.54 Å². The summed E-state index contributed by atoms with van der Waals surface area (Å²) in [5.74, 6) is -0.0847. The molecule has 0 radical (unpaired) electrons. The van der Waals surface area contributed by atoms with E-state index >= 15 is 0 Å². The Hall–Kier alpha value is -1.67. The third kappa shape index (κ3) is 2.59. The molecule has 1 heterocycles. The molecule has 0 N–H and O–H groups in total. The van der Waals surface area contributed by atoms with Crippen LogP contribution < -0.4 is 0 Å². The highest BCUT2D eigenvalue weighted by Crippen LogP contribution is 2.20. The van der Waals surface area contributed by atoms with Gasteiger partial charge in [0.15, 0.2) is 11.0 Å². The van der Waals surface area contributed by atoms with Crippen LogP contribution in [0.5, 0.6) is 0 Å². The summed E-state index contributed by atoms with van der Waals surface area (Å²) < 4.78 is 13.8. The number of carbonyl (C=O) groups is 1. The molecular weight excluding hydrogens is 248 g/mol. The molecule has 1 aliphatic heterocycles. The molecule has 0 aromatic heterocycles. The summed E-state index contributed by atoms with van der Waals surface area (Å²) in [6.07, 6.45) is 3.15. The van der Waals surface area contributed by atoms with Crippen LogP contribution in [0.2, 0.25) is 0 Å². The van der Waals surface area contributed by atoms with Crippen LogP contribution in [0.15, 0.2) is 29.2 Å². The standard InChI is InChI=1S/C13H14N2O2S/c14-10-11-6-3-4-7-12(11)18(17)15-9-5-1-2-8-13(15)16/h3-4,6-7H,1-2,5,8-9H2. The molecule has 1 aromatic rings. The molecule has 2 rings (SSSR count). The highest BCUT2D eigenvalue weighted by atomic mass is 32.2. The summed E-state index contributed by atoms with van der Waals surface area (Å²) in [6.45, 7) is 0.505. The van der Waals surface area contributed by atoms with Crippen LogP contribution in [-0.2, 0) is 15.8 Å². The van der Waals surface area contributed by atoms with Crippen LogP contribution in [0, 0.1) is 11.3 Å². The van der Waals surface area contributed by atoms with Crippen LogP contribution in [0.25, 0.3) is 0 Å². The molecule has 18 heavy (non-hydrogen) atoms. The highest BCUT2D eigenvalue weighted by molar-refractivity contribution is 7.83. The SMILES string of the molecule is N#Cc1ccccc1S(=O)N1CCCCCC1=O. The molecule has 1 fully saturated rings. The monoisotopic (exact) mass is 262 g/mol. The number of benzene rings is 1. The molecule has 5 heteroatoms. The Kier molecular flexibility index (Phi) is 4.11. The van der Waals surface area contributed by atoms with Gasteiger partial charge in [0, 0.05) is 13.0 Å². The maximum Gasteiger partial charge on any atom is 0.234 e. The second-order valence-corrected chi connectivity index (χ2v) is 5.54. The largest absolute Gasteiger partial charge is 0.274 e. The van der Waals surface area contributed by atoms with Crippen LogP contribution in [0.4, 0.5) is 0 Å². The minimum Gasteiger partial charge on any atom is -0.274 e. The summed E-state index contributed by atoms with van der Waals surface area (Å²) in [7, 11) is -1.56. The second kappa shape index (κ2) is 5.78. The Morgan fingerprint density at radius 1 is 1.22 bits per heavy atom. The van der Waals surface area contributed by atoms with Crippen molar-refractivity contribution in [2.24, 2.45) is 0 Å². The molecule has 1 amide bonds. The van der Waals surface area contributed by atoms with Crippen LogP contribution in [-0.4, -0.2) is 21.0 Å². The molecule has 4 nitrogen and oxygen atoms in total. The van der Waals surface area contributed by atoms with Gasteiger partial charge < -0.3 is 0 Å². The maximum atomic E-state index is 12.4. The van der Waals surface area contributed by atoms with E-state index in [2.05, 4.69) is 0 Å². The average Bonchev–Trinajstić information content (AvgIpc) is 2.62. The van der Waals surface area contributed by atoms with E-state index in [1.54, 1.807) is 24.3 Å². The number of rotatable bonds is 2. The molecule has 1 unspecified atom stereocenters. The average molecular weight is 262 g/mol. The predicted octanol–water partition coefficient (Wildman–Crippen LogP) is 1.98. The van der Waals surface area contributed by atoms with Crippen molar-refractivity contribution >= 4 is 16.9 Å². The topological polar surface area (TPSA) is 61.2 Å². The van der Waals surface area contributed by atoms with Crippen LogP contribution >= 0.6 is 0 Å². The first-order chi connectivity index (χ1) is 8.74. The number of nitriles is 1. The zero-order chi connectivity index (χ0) is 13.0. The maximum absolute atomic E-state index is 12.4. The van der Waals surface area contributed by atoms with Crippen molar-refractivity contribution < 1.29 is 9.00 Å². The number of amides is 1. The lowest BCUT2D eigenvalue weighted by Gasteiger charge is -2.19. The Bertz CT molecular complexity index is 522. The quantitative estimate of drug-likeness (QED) is 0.818. The Balaban J connectivity index is 2.30. The van der Waals surface area contributed by atoms with Crippen molar-refractivity contribution in [3.05, 3.63) is 29.8 Å². The van der Waals surface area contributed by atoms with Gasteiger partial charge in [0.2, 0.25) is 5.91 Å². The van der Waals surface area contributed by atoms with Gasteiger partial charge in [-0.15, -0.1) is 0 Å². The van der Waals surface area contributed by atoms with E-state index in [1.165, 1.54) is 4.31 Å². The molecule has 94 valence electrons. The summed E-state index contributed by atoms with van der Waals surface area (Å²) in [4.78, 5) is 12.3. The molecule has 0 aliphatic carbocycles. The van der Waals surface area contributed by atoms with E-state index in [-0.39, 0.29) is 5.91 Å². The van der Waals surface area contributed by atoms with E-state index in [0.29, 0.717) is 23.4 Å². The van der Waals surface area contributed by atoms with E-state index in [0.717, 1.165) is 19.3 Å². The fraction of sp³-hybridized carbons (Fsp3) is 0.385. The Morgan fingerprint density at radius 2 is 2.00 bits per heavy atom. The normalized spacial score (nSPS) is 17.9. The first-order valence-electron chi connectivity index (χ1n) is 5.95. The fourth-order valence-electron chi connectivity index (χ4n) is 1.96. The predicted molar refractivity (Wildman–Crippen MR) is 67.7 cm³/mol. The van der Waals surface area contributed by atoms with E-state index in [9.17, 15) is 9.00 Å². The van der Waals surface area contributed by atoms with E-state index in [1.807, 2.05) is 6.07 Å². The van der Waals surface area contributed by atoms with Gasteiger partial charge in [-0.05, 0) is 25.0 Å². The van der Waals surface area contributed by atoms with Gasteiger partial charge in [-0.2, -0.15) is 5.26 Å². The van der Waals surface area contributed by atoms with Gasteiger partial charge in [-0.1, -0.05) is 18.6 Å². The van der Waals surface area contributed by atoms with Gasteiger partial charge >= 0.3 is 0 Å². The second-order valence-electron chi connectivity index (χ2n) is 4.16. The van der Waals surface area contributed by atoms with Crippen molar-refractivity contribution in [3.63, 3.8) is 0 Å². The van der Waals surface area contributed by atoms with Gasteiger partial charge in [-0.25, -0.2) is 4.21 Å². The van der Waals surface area contributed by atoms with Gasteiger partial charge in [0.25, 0.3) is 0 Å². The van der Waals surface area contributed by atoms with Crippen LogP contribution in [0.1, 0.15) is 31.2 Å². The molecular formula is C13H14N2O2S. The molecule has 1 saturated heterocycles. The number of nitrogens with zero attached hydrogens (tertiary/aromatic N) is 2. The first kappa shape index (κ1) is 12.8. The lowest BCUT2D eigenvalue weighted by molar-refractivity contribution is -0.125. The van der Waals surface area contributed by atoms with Gasteiger partial charge in [0.1, 0.15) is 6.07 Å². The Morgan fingerprint density at radius 3 is 2.78 bits per heavy atom. The molecule has 0 spiro atoms. The molecule has 0 saturated carbocycles. The highest BCUT2D eigenvalue weighted by Gasteiger charge is 2.24. The minimum absolute atomic E-state index is 0.0847. The minimum atomic E-state index is -1.56. The zero-order valence-electron chi connectivity index (χ0n) is 9.96. The fourth-order valence-corrected chi connectivity index (χ4v) is 3.27. The molecule has 1 aliphatic rings. The summed E-state index contributed by atoms with van der Waals surface area (Å²) in [5, 5.41) is 9.00. The third-order valence-electron chi connectivity index (χ3n) is 2.93.